The summed E-state index contributed by atoms with van der Waals surface area (Å²) < 4.78 is 5.64. The van der Waals surface area contributed by atoms with Gasteiger partial charge in [0.1, 0.15) is 22.6 Å². The Balaban J connectivity index is 1.67. The molecule has 1 atom stereocenters. The van der Waals surface area contributed by atoms with Gasteiger partial charge in [0.15, 0.2) is 0 Å². The molecule has 182 valence electrons. The number of nitro groups is 1. The number of rotatable bonds is 8. The van der Waals surface area contributed by atoms with Gasteiger partial charge in [0, 0.05) is 17.2 Å². The Morgan fingerprint density at radius 2 is 1.77 bits per heavy atom. The van der Waals surface area contributed by atoms with E-state index in [2.05, 4.69) is 15.8 Å². The Morgan fingerprint density at radius 1 is 1.09 bits per heavy atom. The third kappa shape index (κ3) is 6.46. The smallest absolute Gasteiger partial charge is 0.289 e. The van der Waals surface area contributed by atoms with E-state index in [1.54, 1.807) is 38.1 Å². The van der Waals surface area contributed by atoms with Gasteiger partial charge >= 0.3 is 0 Å². The number of amides is 2. The van der Waals surface area contributed by atoms with Crippen LogP contribution in [0.15, 0.2) is 58.0 Å². The summed E-state index contributed by atoms with van der Waals surface area (Å²) in [5.74, 6) is -0.449. The van der Waals surface area contributed by atoms with Gasteiger partial charge in [-0.2, -0.15) is 5.10 Å². The Morgan fingerprint density at radius 3 is 2.40 bits per heavy atom. The first-order chi connectivity index (χ1) is 16.6. The fourth-order valence-electron chi connectivity index (χ4n) is 3.13. The number of hydrogen-bond donors (Lipinski definition) is 2. The molecule has 0 radical (unpaired) electrons. The number of benzene rings is 2. The number of furan rings is 1. The topological polar surface area (TPSA) is 127 Å². The van der Waals surface area contributed by atoms with Gasteiger partial charge in [-0.25, -0.2) is 5.43 Å². The molecule has 1 aromatic heterocycles. The fraction of sp³-hybridized carbons (Fsp3) is 0.208. The SMILES string of the molecule is Cc1ccc(C(=O)NC(C(=O)NN=Cc2ccc(-c3cc(Cl)c([N+](=O)[O-])cc3Cl)o2)C(C)C)cc1. The molecule has 9 nitrogen and oxygen atoms in total. The van der Waals surface area contributed by atoms with Crippen molar-refractivity contribution in [3.8, 4) is 11.3 Å². The lowest BCUT2D eigenvalue weighted by Crippen LogP contribution is -2.48. The van der Waals surface area contributed by atoms with Crippen LogP contribution in [0.5, 0.6) is 0 Å². The largest absolute Gasteiger partial charge is 0.455 e. The zero-order valence-electron chi connectivity index (χ0n) is 19.0. The van der Waals surface area contributed by atoms with Gasteiger partial charge in [0.2, 0.25) is 0 Å². The van der Waals surface area contributed by atoms with Crippen molar-refractivity contribution in [3.05, 3.63) is 85.6 Å². The molecular formula is C24H22Cl2N4O5. The highest BCUT2D eigenvalue weighted by Crippen LogP contribution is 2.37. The molecule has 0 aliphatic rings. The number of nitrogens with zero attached hydrogens (tertiary/aromatic N) is 2. The molecule has 2 N–H and O–H groups in total. The van der Waals surface area contributed by atoms with E-state index < -0.39 is 16.9 Å². The van der Waals surface area contributed by atoms with Gasteiger partial charge < -0.3 is 9.73 Å². The van der Waals surface area contributed by atoms with Crippen molar-refractivity contribution in [1.29, 1.82) is 0 Å². The number of nitro benzene ring substituents is 1. The molecule has 0 aliphatic carbocycles. The summed E-state index contributed by atoms with van der Waals surface area (Å²) in [7, 11) is 0. The van der Waals surface area contributed by atoms with Gasteiger partial charge in [0.25, 0.3) is 17.5 Å². The molecule has 11 heteroatoms. The Labute approximate surface area is 211 Å². The molecule has 3 aromatic rings. The molecule has 0 fully saturated rings. The van der Waals surface area contributed by atoms with Crippen LogP contribution in [-0.4, -0.2) is 29.0 Å². The molecule has 1 unspecified atom stereocenters. The van der Waals surface area contributed by atoms with E-state index in [1.807, 2.05) is 19.1 Å². The highest BCUT2D eigenvalue weighted by Gasteiger charge is 2.24. The average Bonchev–Trinajstić information content (AvgIpc) is 3.27. The molecule has 0 saturated carbocycles. The fourth-order valence-corrected chi connectivity index (χ4v) is 3.61. The molecule has 2 amide bonds. The highest BCUT2D eigenvalue weighted by molar-refractivity contribution is 6.36. The van der Waals surface area contributed by atoms with E-state index in [4.69, 9.17) is 27.6 Å². The number of hydrazone groups is 1. The maximum atomic E-state index is 12.6. The lowest BCUT2D eigenvalue weighted by atomic mass is 10.0. The summed E-state index contributed by atoms with van der Waals surface area (Å²) >= 11 is 12.1. The first-order valence-electron chi connectivity index (χ1n) is 10.5. The standard InChI is InChI=1S/C24H22Cl2N4O5/c1-13(2)22(28-23(31)15-6-4-14(3)5-7-15)24(32)29-27-12-16-8-9-21(35-16)17-10-19(26)20(30(33)34)11-18(17)25/h4-13,22H,1-3H3,(H,28,31)(H,29,32). The minimum Gasteiger partial charge on any atom is -0.455 e. The van der Waals surface area contributed by atoms with Crippen LogP contribution in [-0.2, 0) is 4.79 Å². The molecular weight excluding hydrogens is 495 g/mol. The van der Waals surface area contributed by atoms with Gasteiger partial charge in [-0.1, -0.05) is 54.7 Å². The summed E-state index contributed by atoms with van der Waals surface area (Å²) in [5, 5.41) is 17.6. The summed E-state index contributed by atoms with van der Waals surface area (Å²) in [6.45, 7) is 5.53. The van der Waals surface area contributed by atoms with Crippen LogP contribution in [0.2, 0.25) is 10.0 Å². The van der Waals surface area contributed by atoms with Gasteiger partial charge in [-0.15, -0.1) is 0 Å². The van der Waals surface area contributed by atoms with Gasteiger partial charge in [-0.05, 0) is 43.2 Å². The molecule has 0 bridgehead atoms. The van der Waals surface area contributed by atoms with Crippen LogP contribution < -0.4 is 10.7 Å². The zero-order chi connectivity index (χ0) is 25.7. The lowest BCUT2D eigenvalue weighted by Gasteiger charge is -2.20. The van der Waals surface area contributed by atoms with Crippen LogP contribution in [0.3, 0.4) is 0 Å². The Hall–Kier alpha value is -3.69. The van der Waals surface area contributed by atoms with Crippen molar-refractivity contribution in [2.75, 3.05) is 0 Å². The van der Waals surface area contributed by atoms with Crippen molar-refractivity contribution in [2.24, 2.45) is 11.0 Å². The van der Waals surface area contributed by atoms with Crippen LogP contribution in [0.4, 0.5) is 5.69 Å². The maximum absolute atomic E-state index is 12.6. The van der Waals surface area contributed by atoms with Gasteiger partial charge in [-0.3, -0.25) is 19.7 Å². The molecule has 0 aliphatic heterocycles. The third-order valence-electron chi connectivity index (χ3n) is 5.04. The number of halogens is 2. The van der Waals surface area contributed by atoms with Crippen molar-refractivity contribution in [1.82, 2.24) is 10.7 Å². The molecule has 2 aromatic carbocycles. The van der Waals surface area contributed by atoms with E-state index in [0.29, 0.717) is 16.9 Å². The maximum Gasteiger partial charge on any atom is 0.289 e. The van der Waals surface area contributed by atoms with E-state index in [1.165, 1.54) is 12.3 Å². The zero-order valence-corrected chi connectivity index (χ0v) is 20.6. The molecule has 1 heterocycles. The Bertz CT molecular complexity index is 1290. The number of aryl methyl sites for hydroxylation is 1. The number of carbonyl (C=O) groups is 2. The molecule has 0 saturated heterocycles. The summed E-state index contributed by atoms with van der Waals surface area (Å²) in [6.07, 6.45) is 1.28. The summed E-state index contributed by atoms with van der Waals surface area (Å²) in [6, 6.07) is 11.9. The average molecular weight is 517 g/mol. The van der Waals surface area contributed by atoms with E-state index in [9.17, 15) is 19.7 Å². The molecule has 0 spiro atoms. The van der Waals surface area contributed by atoms with E-state index in [0.717, 1.165) is 11.6 Å². The second-order valence-electron chi connectivity index (χ2n) is 8.04. The highest BCUT2D eigenvalue weighted by atomic mass is 35.5. The van der Waals surface area contributed by atoms with Crippen LogP contribution in [0.25, 0.3) is 11.3 Å². The molecule has 35 heavy (non-hydrogen) atoms. The summed E-state index contributed by atoms with van der Waals surface area (Å²) in [5.41, 5.74) is 3.92. The minimum atomic E-state index is -0.811. The van der Waals surface area contributed by atoms with E-state index in [-0.39, 0.29) is 33.3 Å². The predicted octanol–water partition coefficient (Wildman–Crippen LogP) is 5.37. The van der Waals surface area contributed by atoms with Crippen LogP contribution in [0, 0.1) is 23.0 Å². The lowest BCUT2D eigenvalue weighted by molar-refractivity contribution is -0.384. The van der Waals surface area contributed by atoms with Crippen molar-refractivity contribution in [2.45, 2.75) is 26.8 Å². The van der Waals surface area contributed by atoms with E-state index >= 15 is 0 Å². The second-order valence-corrected chi connectivity index (χ2v) is 8.85. The first-order valence-corrected chi connectivity index (χ1v) is 11.3. The number of hydrogen-bond acceptors (Lipinski definition) is 6. The van der Waals surface area contributed by atoms with Crippen molar-refractivity contribution >= 4 is 46.9 Å². The monoisotopic (exact) mass is 516 g/mol. The second kappa shape index (κ2) is 11.2. The van der Waals surface area contributed by atoms with Crippen molar-refractivity contribution in [3.63, 3.8) is 0 Å². The van der Waals surface area contributed by atoms with Gasteiger partial charge in [0.05, 0.1) is 16.2 Å². The normalized spacial score (nSPS) is 12.1. The molecule has 3 rings (SSSR count). The van der Waals surface area contributed by atoms with Crippen LogP contribution >= 0.6 is 23.2 Å². The van der Waals surface area contributed by atoms with Crippen LogP contribution in [0.1, 0.15) is 35.5 Å². The third-order valence-corrected chi connectivity index (χ3v) is 5.66. The predicted molar refractivity (Wildman–Crippen MR) is 134 cm³/mol. The number of carbonyl (C=O) groups excluding carboxylic acids is 2. The summed E-state index contributed by atoms with van der Waals surface area (Å²) in [4.78, 5) is 35.5. The quantitative estimate of drug-likeness (QED) is 0.236. The first kappa shape index (κ1) is 25.9. The Kier molecular flexibility index (Phi) is 8.26. The van der Waals surface area contributed by atoms with Crippen molar-refractivity contribution < 1.29 is 18.9 Å². The number of nitrogens with one attached hydrogen (secondary N) is 2. The minimum absolute atomic E-state index is 0.0827.